The van der Waals surface area contributed by atoms with Crippen molar-refractivity contribution < 1.29 is 14.6 Å². The molecule has 2 aromatic carbocycles. The zero-order chi connectivity index (χ0) is 15.4. The van der Waals surface area contributed by atoms with Gasteiger partial charge in [-0.2, -0.15) is 0 Å². The molecule has 0 fully saturated rings. The van der Waals surface area contributed by atoms with Gasteiger partial charge in [-0.3, -0.25) is 4.79 Å². The van der Waals surface area contributed by atoms with Crippen LogP contribution < -0.4 is 4.74 Å². The summed E-state index contributed by atoms with van der Waals surface area (Å²) in [6, 6.07) is 11.7. The first-order valence-corrected chi connectivity index (χ1v) is 6.96. The summed E-state index contributed by atoms with van der Waals surface area (Å²) < 4.78 is 5.94. The van der Waals surface area contributed by atoms with E-state index in [1.807, 2.05) is 31.2 Å². The number of aliphatic carboxylic acids is 1. The zero-order valence-electron chi connectivity index (χ0n) is 12.6. The number of benzene rings is 2. The van der Waals surface area contributed by atoms with E-state index >= 15 is 0 Å². The van der Waals surface area contributed by atoms with Crippen LogP contribution >= 0.6 is 0 Å². The monoisotopic (exact) mass is 284 g/mol. The van der Waals surface area contributed by atoms with Crippen LogP contribution in [-0.4, -0.2) is 11.1 Å². The maximum Gasteiger partial charge on any atom is 0.307 e. The van der Waals surface area contributed by atoms with Crippen molar-refractivity contribution in [2.45, 2.75) is 33.8 Å². The number of carbonyl (C=O) groups is 1. The summed E-state index contributed by atoms with van der Waals surface area (Å²) in [5.41, 5.74) is 5.34. The quantitative estimate of drug-likeness (QED) is 0.908. The van der Waals surface area contributed by atoms with Gasteiger partial charge in [-0.25, -0.2) is 0 Å². The van der Waals surface area contributed by atoms with Crippen LogP contribution in [0, 0.1) is 20.8 Å². The fourth-order valence-electron chi connectivity index (χ4n) is 2.23. The van der Waals surface area contributed by atoms with Crippen molar-refractivity contribution in [3.63, 3.8) is 0 Å². The second-order valence-electron chi connectivity index (χ2n) is 5.33. The molecule has 0 unspecified atom stereocenters. The number of hydrogen-bond acceptors (Lipinski definition) is 2. The Morgan fingerprint density at radius 1 is 0.952 bits per heavy atom. The molecule has 0 bridgehead atoms. The summed E-state index contributed by atoms with van der Waals surface area (Å²) in [6.45, 7) is 6.66. The molecule has 3 heteroatoms. The van der Waals surface area contributed by atoms with Crippen LogP contribution in [0.5, 0.6) is 5.75 Å². The molecule has 0 amide bonds. The van der Waals surface area contributed by atoms with Crippen molar-refractivity contribution in [3.05, 3.63) is 64.2 Å². The minimum atomic E-state index is -0.815. The Hall–Kier alpha value is -2.29. The van der Waals surface area contributed by atoms with Gasteiger partial charge in [-0.15, -0.1) is 0 Å². The van der Waals surface area contributed by atoms with Gasteiger partial charge in [0.25, 0.3) is 0 Å². The molecule has 1 N–H and O–H groups in total. The molecule has 0 radical (unpaired) electrons. The van der Waals surface area contributed by atoms with E-state index in [0.717, 1.165) is 28.0 Å². The summed E-state index contributed by atoms with van der Waals surface area (Å²) in [6.07, 6.45) is 0.0528. The Bertz CT molecular complexity index is 642. The van der Waals surface area contributed by atoms with E-state index in [1.54, 1.807) is 0 Å². The van der Waals surface area contributed by atoms with E-state index in [0.29, 0.717) is 6.61 Å². The summed E-state index contributed by atoms with van der Waals surface area (Å²) in [7, 11) is 0. The van der Waals surface area contributed by atoms with E-state index in [2.05, 4.69) is 26.0 Å². The molecule has 110 valence electrons. The predicted molar refractivity (Wildman–Crippen MR) is 82.8 cm³/mol. The molecule has 0 saturated carbocycles. The van der Waals surface area contributed by atoms with Gasteiger partial charge in [-0.05, 0) is 48.6 Å². The summed E-state index contributed by atoms with van der Waals surface area (Å²) >= 11 is 0. The van der Waals surface area contributed by atoms with Crippen LogP contribution in [0.2, 0.25) is 0 Å². The molecule has 2 aromatic rings. The van der Waals surface area contributed by atoms with E-state index in [9.17, 15) is 4.79 Å². The highest BCUT2D eigenvalue weighted by Gasteiger charge is 2.07. The number of ether oxygens (including phenoxy) is 1. The van der Waals surface area contributed by atoms with Gasteiger partial charge < -0.3 is 9.84 Å². The van der Waals surface area contributed by atoms with Crippen LogP contribution in [0.1, 0.15) is 27.8 Å². The third kappa shape index (κ3) is 3.85. The largest absolute Gasteiger partial charge is 0.488 e. The highest BCUT2D eigenvalue weighted by molar-refractivity contribution is 5.70. The Morgan fingerprint density at radius 2 is 1.52 bits per heavy atom. The number of hydrogen-bond donors (Lipinski definition) is 1. The highest BCUT2D eigenvalue weighted by Crippen LogP contribution is 2.26. The minimum Gasteiger partial charge on any atom is -0.488 e. The fraction of sp³-hybridized carbons (Fsp3) is 0.278. The van der Waals surface area contributed by atoms with Crippen molar-refractivity contribution in [1.29, 1.82) is 0 Å². The van der Waals surface area contributed by atoms with Crippen LogP contribution in [0.25, 0.3) is 0 Å². The Labute approximate surface area is 125 Å². The van der Waals surface area contributed by atoms with Crippen LogP contribution in [-0.2, 0) is 17.8 Å². The SMILES string of the molecule is Cc1ccc(C)c(OCc2ccc(CC(=O)O)cc2)c1C. The third-order valence-electron chi connectivity index (χ3n) is 3.64. The van der Waals surface area contributed by atoms with Crippen LogP contribution in [0.15, 0.2) is 36.4 Å². The molecular formula is C18H20O3. The van der Waals surface area contributed by atoms with Crippen molar-refractivity contribution >= 4 is 5.97 Å². The van der Waals surface area contributed by atoms with Crippen molar-refractivity contribution in [3.8, 4) is 5.75 Å². The van der Waals surface area contributed by atoms with E-state index < -0.39 is 5.97 Å². The molecule has 0 aliphatic rings. The molecule has 2 rings (SSSR count). The van der Waals surface area contributed by atoms with Crippen LogP contribution in [0.3, 0.4) is 0 Å². The van der Waals surface area contributed by atoms with Crippen LogP contribution in [0.4, 0.5) is 0 Å². The molecule has 0 spiro atoms. The first-order chi connectivity index (χ1) is 9.97. The second kappa shape index (κ2) is 6.44. The lowest BCUT2D eigenvalue weighted by Gasteiger charge is -2.14. The summed E-state index contributed by atoms with van der Waals surface area (Å²) in [4.78, 5) is 10.6. The predicted octanol–water partition coefficient (Wildman–Crippen LogP) is 3.82. The van der Waals surface area contributed by atoms with Gasteiger partial charge in [0.2, 0.25) is 0 Å². The van der Waals surface area contributed by atoms with Gasteiger partial charge in [0, 0.05) is 0 Å². The minimum absolute atomic E-state index is 0.0528. The third-order valence-corrected chi connectivity index (χ3v) is 3.64. The Balaban J connectivity index is 2.07. The molecule has 0 aliphatic heterocycles. The zero-order valence-corrected chi connectivity index (χ0v) is 12.6. The lowest BCUT2D eigenvalue weighted by molar-refractivity contribution is -0.136. The molecule has 0 saturated heterocycles. The lowest BCUT2D eigenvalue weighted by atomic mass is 10.1. The average Bonchev–Trinajstić information content (AvgIpc) is 2.44. The molecule has 0 atom stereocenters. The lowest BCUT2D eigenvalue weighted by Crippen LogP contribution is -2.02. The molecule has 0 aliphatic carbocycles. The maximum atomic E-state index is 10.6. The smallest absolute Gasteiger partial charge is 0.307 e. The summed E-state index contributed by atoms with van der Waals surface area (Å²) in [5, 5.41) is 8.75. The average molecular weight is 284 g/mol. The van der Waals surface area contributed by atoms with Crippen molar-refractivity contribution in [2.75, 3.05) is 0 Å². The normalized spacial score (nSPS) is 10.4. The molecule has 3 nitrogen and oxygen atoms in total. The maximum absolute atomic E-state index is 10.6. The molecular weight excluding hydrogens is 264 g/mol. The van der Waals surface area contributed by atoms with Crippen molar-refractivity contribution in [1.82, 2.24) is 0 Å². The molecule has 0 heterocycles. The number of rotatable bonds is 5. The van der Waals surface area contributed by atoms with Crippen molar-refractivity contribution in [2.24, 2.45) is 0 Å². The van der Waals surface area contributed by atoms with Gasteiger partial charge in [0.15, 0.2) is 0 Å². The number of aryl methyl sites for hydroxylation is 2. The Kier molecular flexibility index (Phi) is 4.63. The first-order valence-electron chi connectivity index (χ1n) is 6.96. The second-order valence-corrected chi connectivity index (χ2v) is 5.33. The highest BCUT2D eigenvalue weighted by atomic mass is 16.5. The van der Waals surface area contributed by atoms with Gasteiger partial charge in [0.1, 0.15) is 12.4 Å². The Morgan fingerprint density at radius 3 is 2.14 bits per heavy atom. The van der Waals surface area contributed by atoms with E-state index in [-0.39, 0.29) is 6.42 Å². The fourth-order valence-corrected chi connectivity index (χ4v) is 2.23. The number of carboxylic acids is 1. The topological polar surface area (TPSA) is 46.5 Å². The summed E-state index contributed by atoms with van der Waals surface area (Å²) in [5.74, 6) is 0.120. The van der Waals surface area contributed by atoms with E-state index in [1.165, 1.54) is 5.56 Å². The molecule has 0 aromatic heterocycles. The number of carboxylic acid groups (broad SMARTS) is 1. The van der Waals surface area contributed by atoms with E-state index in [4.69, 9.17) is 9.84 Å². The molecule has 21 heavy (non-hydrogen) atoms. The van der Waals surface area contributed by atoms with Gasteiger partial charge >= 0.3 is 5.97 Å². The van der Waals surface area contributed by atoms with Gasteiger partial charge in [-0.1, -0.05) is 36.4 Å². The first kappa shape index (κ1) is 15.1. The standard InChI is InChI=1S/C18H20O3/c1-12-4-5-13(2)18(14(12)3)21-11-16-8-6-15(7-9-16)10-17(19)20/h4-9H,10-11H2,1-3H3,(H,19,20). The van der Waals surface area contributed by atoms with Gasteiger partial charge in [0.05, 0.1) is 6.42 Å².